The minimum atomic E-state index is -0.456. The summed E-state index contributed by atoms with van der Waals surface area (Å²) in [6, 6.07) is 0. The van der Waals surface area contributed by atoms with Crippen LogP contribution in [0.4, 0.5) is 0 Å². The molecule has 0 N–H and O–H groups in total. The first-order valence-electron chi connectivity index (χ1n) is 11.8. The Morgan fingerprint density at radius 2 is 1.55 bits per heavy atom. The fourth-order valence-corrected chi connectivity index (χ4v) is 2.48. The van der Waals surface area contributed by atoms with Gasteiger partial charge < -0.3 is 23.8 Å². The van der Waals surface area contributed by atoms with E-state index in [-0.39, 0.29) is 24.0 Å². The van der Waals surface area contributed by atoms with Crippen LogP contribution in [-0.2, 0) is 28.5 Å². The summed E-state index contributed by atoms with van der Waals surface area (Å²) < 4.78 is 22.1. The van der Waals surface area contributed by atoms with Crippen molar-refractivity contribution in [2.45, 2.75) is 79.8 Å². The number of hydrogen-bond donors (Lipinski definition) is 0. The zero-order valence-electron chi connectivity index (χ0n) is 21.0. The third-order valence-electron chi connectivity index (χ3n) is 5.25. The summed E-state index contributed by atoms with van der Waals surface area (Å²) in [6.07, 6.45) is 4.06. The Labute approximate surface area is 190 Å². The molecule has 0 heterocycles. The molecule has 2 unspecified atom stereocenters. The van der Waals surface area contributed by atoms with Crippen LogP contribution >= 0.6 is 0 Å². The molecule has 0 bridgehead atoms. The monoisotopic (exact) mass is 445 g/mol. The van der Waals surface area contributed by atoms with Crippen LogP contribution in [0.2, 0.25) is 0 Å². The van der Waals surface area contributed by atoms with Gasteiger partial charge in [-0.2, -0.15) is 0 Å². The molecule has 0 aromatic heterocycles. The van der Waals surface area contributed by atoms with E-state index in [0.717, 1.165) is 38.8 Å². The lowest BCUT2D eigenvalue weighted by Gasteiger charge is -2.23. The molecule has 0 aromatic rings. The molecule has 0 aliphatic carbocycles. The highest BCUT2D eigenvalue weighted by Crippen LogP contribution is 2.22. The third kappa shape index (κ3) is 16.2. The van der Waals surface area contributed by atoms with Crippen molar-refractivity contribution in [1.29, 1.82) is 0 Å². The van der Waals surface area contributed by atoms with Crippen LogP contribution < -0.4 is 0 Å². The molecule has 0 spiro atoms. The van der Waals surface area contributed by atoms with Gasteiger partial charge in [0.25, 0.3) is 0 Å². The molecule has 31 heavy (non-hydrogen) atoms. The summed E-state index contributed by atoms with van der Waals surface area (Å²) in [7, 11) is 2.02. The van der Waals surface area contributed by atoms with Crippen molar-refractivity contribution >= 4 is 11.9 Å². The molecule has 0 saturated carbocycles. The standard InChI is InChI=1S/C24H47NO6/c1-8-10-11-12-22(26)30-18-20(3)17-28-15-13-25(7)14-16-29-19-21(4)31-23(27)24(5,6)9-2/h20-21H,8-19H2,1-7H3. The van der Waals surface area contributed by atoms with Crippen LogP contribution in [0.15, 0.2) is 0 Å². The normalized spacial score (nSPS) is 13.8. The zero-order chi connectivity index (χ0) is 23.7. The first-order chi connectivity index (χ1) is 14.6. The van der Waals surface area contributed by atoms with E-state index in [2.05, 4.69) is 11.8 Å². The Kier molecular flexibility index (Phi) is 16.7. The molecule has 0 radical (unpaired) electrons. The molecule has 7 nitrogen and oxygen atoms in total. The minimum Gasteiger partial charge on any atom is -0.465 e. The average molecular weight is 446 g/mol. The van der Waals surface area contributed by atoms with Crippen LogP contribution in [0, 0.1) is 11.3 Å². The topological polar surface area (TPSA) is 74.3 Å². The van der Waals surface area contributed by atoms with Gasteiger partial charge in [-0.1, -0.05) is 33.6 Å². The number of rotatable bonds is 19. The predicted molar refractivity (Wildman–Crippen MR) is 123 cm³/mol. The fraction of sp³-hybridized carbons (Fsp3) is 0.917. The summed E-state index contributed by atoms with van der Waals surface area (Å²) in [5.41, 5.74) is -0.456. The Morgan fingerprint density at radius 1 is 0.935 bits per heavy atom. The minimum absolute atomic E-state index is 0.113. The second-order valence-electron chi connectivity index (χ2n) is 9.15. The molecule has 0 saturated heterocycles. The van der Waals surface area contributed by atoms with Gasteiger partial charge in [0.15, 0.2) is 0 Å². The molecular weight excluding hydrogens is 398 g/mol. The maximum atomic E-state index is 12.0. The maximum Gasteiger partial charge on any atom is 0.311 e. The van der Waals surface area contributed by atoms with Gasteiger partial charge in [-0.3, -0.25) is 9.59 Å². The molecular formula is C24H47NO6. The Hall–Kier alpha value is -1.18. The predicted octanol–water partition coefficient (Wildman–Crippen LogP) is 4.08. The lowest BCUT2D eigenvalue weighted by atomic mass is 9.91. The van der Waals surface area contributed by atoms with Crippen molar-refractivity contribution in [1.82, 2.24) is 4.90 Å². The van der Waals surface area contributed by atoms with E-state index in [1.54, 1.807) is 0 Å². The maximum absolute atomic E-state index is 12.0. The zero-order valence-corrected chi connectivity index (χ0v) is 21.0. The summed E-state index contributed by atoms with van der Waals surface area (Å²) in [4.78, 5) is 25.8. The molecule has 0 fully saturated rings. The highest BCUT2D eigenvalue weighted by Gasteiger charge is 2.28. The van der Waals surface area contributed by atoms with E-state index in [0.29, 0.717) is 39.5 Å². The number of hydrogen-bond acceptors (Lipinski definition) is 7. The number of esters is 2. The first-order valence-corrected chi connectivity index (χ1v) is 11.8. The van der Waals surface area contributed by atoms with Gasteiger partial charge >= 0.3 is 11.9 Å². The van der Waals surface area contributed by atoms with E-state index in [1.807, 2.05) is 41.7 Å². The van der Waals surface area contributed by atoms with Gasteiger partial charge in [-0.25, -0.2) is 0 Å². The summed E-state index contributed by atoms with van der Waals surface area (Å²) in [5, 5.41) is 0. The molecule has 0 amide bonds. The van der Waals surface area contributed by atoms with Crippen LogP contribution in [0.5, 0.6) is 0 Å². The molecule has 0 aliphatic rings. The van der Waals surface area contributed by atoms with E-state index in [1.165, 1.54) is 0 Å². The third-order valence-corrected chi connectivity index (χ3v) is 5.25. The van der Waals surface area contributed by atoms with Gasteiger partial charge in [0, 0.05) is 25.4 Å². The number of ether oxygens (including phenoxy) is 4. The number of likely N-dealkylation sites (N-methyl/N-ethyl adjacent to an activating group) is 1. The van der Waals surface area contributed by atoms with Crippen molar-refractivity contribution in [2.24, 2.45) is 11.3 Å². The van der Waals surface area contributed by atoms with Crippen LogP contribution in [0.3, 0.4) is 0 Å². The molecule has 0 aromatic carbocycles. The van der Waals surface area contributed by atoms with Crippen molar-refractivity contribution in [3.63, 3.8) is 0 Å². The van der Waals surface area contributed by atoms with Gasteiger partial charge in [0.2, 0.25) is 0 Å². The Balaban J connectivity index is 3.70. The van der Waals surface area contributed by atoms with Crippen LogP contribution in [0.25, 0.3) is 0 Å². The first kappa shape index (κ1) is 29.8. The largest absolute Gasteiger partial charge is 0.465 e. The Morgan fingerprint density at radius 3 is 2.13 bits per heavy atom. The smallest absolute Gasteiger partial charge is 0.311 e. The quantitative estimate of drug-likeness (QED) is 0.219. The number of carbonyl (C=O) groups is 2. The van der Waals surface area contributed by atoms with Gasteiger partial charge in [0.1, 0.15) is 6.10 Å². The van der Waals surface area contributed by atoms with Gasteiger partial charge in [-0.15, -0.1) is 0 Å². The lowest BCUT2D eigenvalue weighted by molar-refractivity contribution is -0.161. The van der Waals surface area contributed by atoms with Crippen molar-refractivity contribution < 1.29 is 28.5 Å². The highest BCUT2D eigenvalue weighted by molar-refractivity contribution is 5.75. The van der Waals surface area contributed by atoms with E-state index >= 15 is 0 Å². The molecule has 7 heteroatoms. The second-order valence-corrected chi connectivity index (χ2v) is 9.15. The summed E-state index contributed by atoms with van der Waals surface area (Å²) >= 11 is 0. The lowest BCUT2D eigenvalue weighted by Crippen LogP contribution is -2.32. The van der Waals surface area contributed by atoms with Gasteiger partial charge in [-0.05, 0) is 40.7 Å². The van der Waals surface area contributed by atoms with Crippen LogP contribution in [-0.4, -0.2) is 76.1 Å². The molecule has 2 atom stereocenters. The molecule has 184 valence electrons. The second kappa shape index (κ2) is 17.4. The van der Waals surface area contributed by atoms with E-state index in [4.69, 9.17) is 18.9 Å². The summed E-state index contributed by atoms with van der Waals surface area (Å²) in [5.74, 6) is -0.107. The Bertz CT molecular complexity index is 483. The highest BCUT2D eigenvalue weighted by atomic mass is 16.6. The number of unbranched alkanes of at least 4 members (excludes halogenated alkanes) is 2. The fourth-order valence-electron chi connectivity index (χ4n) is 2.48. The molecule has 0 rings (SSSR count). The number of carbonyl (C=O) groups excluding carboxylic acids is 2. The van der Waals surface area contributed by atoms with Crippen molar-refractivity contribution in [3.8, 4) is 0 Å². The SMILES string of the molecule is CCCCCC(=O)OCC(C)COCCN(C)CCOCC(C)OC(=O)C(C)(C)CC. The molecule has 0 aliphatic heterocycles. The average Bonchev–Trinajstić information content (AvgIpc) is 2.72. The van der Waals surface area contributed by atoms with Gasteiger partial charge in [0.05, 0.1) is 38.4 Å². The van der Waals surface area contributed by atoms with Crippen LogP contribution in [0.1, 0.15) is 73.6 Å². The van der Waals surface area contributed by atoms with Crippen molar-refractivity contribution in [3.05, 3.63) is 0 Å². The van der Waals surface area contributed by atoms with E-state index in [9.17, 15) is 9.59 Å². The number of nitrogens with zero attached hydrogens (tertiary/aromatic N) is 1. The van der Waals surface area contributed by atoms with Crippen molar-refractivity contribution in [2.75, 3.05) is 53.2 Å². The van der Waals surface area contributed by atoms with E-state index < -0.39 is 5.41 Å². The summed E-state index contributed by atoms with van der Waals surface area (Å²) in [6.45, 7) is 15.9.